The summed E-state index contributed by atoms with van der Waals surface area (Å²) in [4.78, 5) is 25.1. The monoisotopic (exact) mass is 210 g/mol. The summed E-state index contributed by atoms with van der Waals surface area (Å²) in [5.74, 6) is 0.386. The Morgan fingerprint density at radius 1 is 1.13 bits per heavy atom. The molecule has 0 N–H and O–H groups in total. The van der Waals surface area contributed by atoms with Crippen LogP contribution in [0.5, 0.6) is 0 Å². The highest BCUT2D eigenvalue weighted by molar-refractivity contribution is 5.35. The highest BCUT2D eigenvalue weighted by Crippen LogP contribution is 2.12. The van der Waals surface area contributed by atoms with E-state index >= 15 is 0 Å². The maximum absolute atomic E-state index is 11.8. The summed E-state index contributed by atoms with van der Waals surface area (Å²) >= 11 is 0. The fraction of sp³-hybridized carbons (Fsp3) is 0.667. The van der Waals surface area contributed by atoms with Crippen LogP contribution in [0.25, 0.3) is 0 Å². The molecule has 1 aromatic heterocycles. The molecule has 0 bridgehead atoms. The molecule has 0 unspecified atom stereocenters. The first kappa shape index (κ1) is 9.95. The summed E-state index contributed by atoms with van der Waals surface area (Å²) in [5.41, 5.74) is -0.692. The van der Waals surface area contributed by atoms with Gasteiger partial charge in [0.15, 0.2) is 0 Å². The van der Waals surface area contributed by atoms with Crippen molar-refractivity contribution in [2.24, 2.45) is 14.1 Å². The Morgan fingerprint density at radius 2 is 1.73 bits per heavy atom. The molecule has 1 saturated heterocycles. The lowest BCUT2D eigenvalue weighted by molar-refractivity contribution is 0.595. The standard InChI is InChI=1S/C9H14N4O2/c1-11-8(14)7(10-12(2)9(11)15)13-5-3-4-6-13/h3-6H2,1-2H3. The van der Waals surface area contributed by atoms with Crippen molar-refractivity contribution in [1.29, 1.82) is 0 Å². The van der Waals surface area contributed by atoms with Gasteiger partial charge in [0, 0.05) is 27.2 Å². The van der Waals surface area contributed by atoms with Crippen LogP contribution in [0.4, 0.5) is 5.82 Å². The summed E-state index contributed by atoms with van der Waals surface area (Å²) in [7, 11) is 3.03. The van der Waals surface area contributed by atoms with Gasteiger partial charge in [0.05, 0.1) is 0 Å². The Bertz CT molecular complexity index is 482. The van der Waals surface area contributed by atoms with E-state index in [4.69, 9.17) is 0 Å². The van der Waals surface area contributed by atoms with Crippen molar-refractivity contribution < 1.29 is 0 Å². The largest absolute Gasteiger partial charge is 0.351 e. The summed E-state index contributed by atoms with van der Waals surface area (Å²) < 4.78 is 2.30. The normalized spacial score (nSPS) is 16.0. The van der Waals surface area contributed by atoms with Crippen LogP contribution in [-0.2, 0) is 14.1 Å². The fourth-order valence-electron chi connectivity index (χ4n) is 1.81. The first-order chi connectivity index (χ1) is 7.11. The van der Waals surface area contributed by atoms with E-state index in [0.717, 1.165) is 30.5 Å². The zero-order valence-corrected chi connectivity index (χ0v) is 8.93. The van der Waals surface area contributed by atoms with Crippen molar-refractivity contribution in [3.63, 3.8) is 0 Å². The third-order valence-corrected chi connectivity index (χ3v) is 2.71. The average molecular weight is 210 g/mol. The van der Waals surface area contributed by atoms with Crippen molar-refractivity contribution in [1.82, 2.24) is 14.3 Å². The zero-order chi connectivity index (χ0) is 11.0. The van der Waals surface area contributed by atoms with Crippen LogP contribution in [0.15, 0.2) is 9.59 Å². The molecule has 6 heteroatoms. The Balaban J connectivity index is 2.57. The molecule has 1 aliphatic heterocycles. The van der Waals surface area contributed by atoms with Crippen molar-refractivity contribution in [2.75, 3.05) is 18.0 Å². The van der Waals surface area contributed by atoms with Gasteiger partial charge in [-0.15, -0.1) is 5.10 Å². The SMILES string of the molecule is Cn1nc(N2CCCC2)c(=O)n(C)c1=O. The Labute approximate surface area is 86.7 Å². The minimum Gasteiger partial charge on any atom is -0.351 e. The average Bonchev–Trinajstić information content (AvgIpc) is 2.73. The van der Waals surface area contributed by atoms with E-state index in [1.54, 1.807) is 7.05 Å². The van der Waals surface area contributed by atoms with Gasteiger partial charge in [-0.2, -0.15) is 0 Å². The topological polar surface area (TPSA) is 60.1 Å². The number of nitrogens with zero attached hydrogens (tertiary/aromatic N) is 4. The van der Waals surface area contributed by atoms with Crippen LogP contribution < -0.4 is 16.1 Å². The second kappa shape index (κ2) is 3.52. The van der Waals surface area contributed by atoms with Gasteiger partial charge in [0.25, 0.3) is 5.56 Å². The third kappa shape index (κ3) is 1.55. The van der Waals surface area contributed by atoms with E-state index in [9.17, 15) is 9.59 Å². The molecular weight excluding hydrogens is 196 g/mol. The van der Waals surface area contributed by atoms with Gasteiger partial charge in [-0.05, 0) is 12.8 Å². The first-order valence-electron chi connectivity index (χ1n) is 5.00. The summed E-state index contributed by atoms with van der Waals surface area (Å²) in [6.07, 6.45) is 2.15. The fourth-order valence-corrected chi connectivity index (χ4v) is 1.81. The molecule has 0 saturated carbocycles. The van der Waals surface area contributed by atoms with E-state index in [1.807, 2.05) is 4.90 Å². The predicted molar refractivity (Wildman–Crippen MR) is 56.2 cm³/mol. The quantitative estimate of drug-likeness (QED) is 0.601. The highest BCUT2D eigenvalue weighted by atomic mass is 16.2. The third-order valence-electron chi connectivity index (χ3n) is 2.71. The molecule has 0 aliphatic carbocycles. The molecule has 0 atom stereocenters. The van der Waals surface area contributed by atoms with Crippen molar-refractivity contribution in [3.05, 3.63) is 20.8 Å². The highest BCUT2D eigenvalue weighted by Gasteiger charge is 2.19. The van der Waals surface area contributed by atoms with Crippen LogP contribution in [-0.4, -0.2) is 27.4 Å². The van der Waals surface area contributed by atoms with Gasteiger partial charge in [-0.3, -0.25) is 9.36 Å². The van der Waals surface area contributed by atoms with E-state index in [1.165, 1.54) is 11.7 Å². The molecule has 6 nitrogen and oxygen atoms in total. The number of aromatic nitrogens is 3. The van der Waals surface area contributed by atoms with Crippen molar-refractivity contribution in [3.8, 4) is 0 Å². The van der Waals surface area contributed by atoms with Crippen LogP contribution in [0.3, 0.4) is 0 Å². The van der Waals surface area contributed by atoms with Gasteiger partial charge >= 0.3 is 5.69 Å². The molecule has 2 heterocycles. The van der Waals surface area contributed by atoms with E-state index in [-0.39, 0.29) is 11.2 Å². The van der Waals surface area contributed by atoms with E-state index in [0.29, 0.717) is 5.82 Å². The van der Waals surface area contributed by atoms with Crippen LogP contribution in [0.1, 0.15) is 12.8 Å². The first-order valence-corrected chi connectivity index (χ1v) is 5.00. The van der Waals surface area contributed by atoms with E-state index < -0.39 is 0 Å². The molecule has 0 radical (unpaired) electrons. The van der Waals surface area contributed by atoms with Gasteiger partial charge in [0.2, 0.25) is 5.82 Å². The van der Waals surface area contributed by atoms with Crippen LogP contribution >= 0.6 is 0 Å². The molecular formula is C9H14N4O2. The van der Waals surface area contributed by atoms with Gasteiger partial charge in [-0.25, -0.2) is 9.48 Å². The van der Waals surface area contributed by atoms with Gasteiger partial charge in [0.1, 0.15) is 0 Å². The molecule has 0 aromatic carbocycles. The zero-order valence-electron chi connectivity index (χ0n) is 8.93. The summed E-state index contributed by atoms with van der Waals surface area (Å²) in [6.45, 7) is 1.70. The number of hydrogen-bond acceptors (Lipinski definition) is 4. The second-order valence-corrected chi connectivity index (χ2v) is 3.79. The molecule has 82 valence electrons. The lowest BCUT2D eigenvalue weighted by Gasteiger charge is -2.16. The minimum atomic E-state index is -0.386. The molecule has 0 spiro atoms. The maximum Gasteiger partial charge on any atom is 0.346 e. The number of hydrogen-bond donors (Lipinski definition) is 0. The van der Waals surface area contributed by atoms with Crippen molar-refractivity contribution in [2.45, 2.75) is 12.8 Å². The Kier molecular flexibility index (Phi) is 2.34. The van der Waals surface area contributed by atoms with Crippen molar-refractivity contribution >= 4 is 5.82 Å². The number of aryl methyl sites for hydroxylation is 1. The second-order valence-electron chi connectivity index (χ2n) is 3.79. The molecule has 15 heavy (non-hydrogen) atoms. The lowest BCUT2D eigenvalue weighted by atomic mass is 10.4. The van der Waals surface area contributed by atoms with Gasteiger partial charge in [-0.1, -0.05) is 0 Å². The van der Waals surface area contributed by atoms with Crippen LogP contribution in [0.2, 0.25) is 0 Å². The maximum atomic E-state index is 11.8. The molecule has 0 amide bonds. The Morgan fingerprint density at radius 3 is 2.33 bits per heavy atom. The number of anilines is 1. The molecule has 1 fully saturated rings. The number of rotatable bonds is 1. The minimum absolute atomic E-state index is 0.306. The molecule has 1 aliphatic rings. The van der Waals surface area contributed by atoms with Crippen LogP contribution in [0, 0.1) is 0 Å². The van der Waals surface area contributed by atoms with E-state index in [2.05, 4.69) is 5.10 Å². The molecule has 2 rings (SSSR count). The lowest BCUT2D eigenvalue weighted by Crippen LogP contribution is -2.42. The smallest absolute Gasteiger partial charge is 0.346 e. The Hall–Kier alpha value is -1.59. The van der Waals surface area contributed by atoms with Gasteiger partial charge < -0.3 is 4.90 Å². The molecule has 1 aromatic rings. The predicted octanol–water partition coefficient (Wildman–Crippen LogP) is -0.921. The summed E-state index contributed by atoms with van der Waals surface area (Å²) in [6, 6.07) is 0. The summed E-state index contributed by atoms with van der Waals surface area (Å²) in [5, 5.41) is 4.01.